The molecular weight excluding hydrogens is 212 g/mol. The van der Waals surface area contributed by atoms with E-state index in [0.717, 1.165) is 12.2 Å². The molecule has 0 saturated carbocycles. The van der Waals surface area contributed by atoms with Crippen LogP contribution in [-0.2, 0) is 5.54 Å². The van der Waals surface area contributed by atoms with Gasteiger partial charge in [-0.1, -0.05) is 0 Å². The minimum absolute atomic E-state index is 0.0588. The average molecular weight is 236 g/mol. The second-order valence-electron chi connectivity index (χ2n) is 6.09. The fraction of sp³-hybridized carbons (Fsp3) is 0.769. The summed E-state index contributed by atoms with van der Waals surface area (Å²) in [4.78, 5) is 2.38. The van der Waals surface area contributed by atoms with Crippen LogP contribution in [0.2, 0.25) is 0 Å². The van der Waals surface area contributed by atoms with Gasteiger partial charge in [0.2, 0.25) is 0 Å². The molecule has 1 atom stereocenters. The molecule has 0 bridgehead atoms. The van der Waals surface area contributed by atoms with E-state index >= 15 is 0 Å². The molecule has 17 heavy (non-hydrogen) atoms. The number of likely N-dealkylation sites (N-methyl/N-ethyl adjacent to an activating group) is 1. The van der Waals surface area contributed by atoms with Crippen molar-refractivity contribution in [3.63, 3.8) is 0 Å². The summed E-state index contributed by atoms with van der Waals surface area (Å²) in [5.74, 6) is 0. The van der Waals surface area contributed by atoms with Crippen LogP contribution < -0.4 is 5.32 Å². The first-order valence-corrected chi connectivity index (χ1v) is 6.45. The number of hydrogen-bond donors (Lipinski definition) is 1. The van der Waals surface area contributed by atoms with Crippen LogP contribution in [0.4, 0.5) is 5.69 Å². The minimum atomic E-state index is 0.0588. The first-order chi connectivity index (χ1) is 7.95. The van der Waals surface area contributed by atoms with Crippen LogP contribution in [0.5, 0.6) is 0 Å². The molecule has 96 valence electrons. The van der Waals surface area contributed by atoms with Crippen LogP contribution in [0.15, 0.2) is 12.4 Å². The van der Waals surface area contributed by atoms with E-state index in [9.17, 15) is 0 Å². The predicted molar refractivity (Wildman–Crippen MR) is 71.4 cm³/mol. The highest BCUT2D eigenvalue weighted by molar-refractivity contribution is 5.39. The molecule has 1 saturated heterocycles. The van der Waals surface area contributed by atoms with Crippen molar-refractivity contribution in [1.82, 2.24) is 14.7 Å². The molecule has 0 amide bonds. The zero-order valence-electron chi connectivity index (χ0n) is 11.4. The summed E-state index contributed by atoms with van der Waals surface area (Å²) >= 11 is 0. The predicted octanol–water partition coefficient (Wildman–Crippen LogP) is 2.14. The normalized spacial score (nSPS) is 22.7. The summed E-state index contributed by atoms with van der Waals surface area (Å²) in [5, 5.41) is 7.99. The molecule has 4 nitrogen and oxygen atoms in total. The number of nitrogens with one attached hydrogen (secondary N) is 1. The van der Waals surface area contributed by atoms with E-state index in [1.54, 1.807) is 0 Å². The maximum atomic E-state index is 4.41. The van der Waals surface area contributed by atoms with Crippen molar-refractivity contribution >= 4 is 5.69 Å². The molecular formula is C13H24N4. The van der Waals surface area contributed by atoms with E-state index in [4.69, 9.17) is 0 Å². The SMILES string of the molecule is CN1CCCC(Nc2cnn(C(C)(C)C)c2)C1. The topological polar surface area (TPSA) is 33.1 Å². The van der Waals surface area contributed by atoms with E-state index in [-0.39, 0.29) is 5.54 Å². The summed E-state index contributed by atoms with van der Waals surface area (Å²) in [6, 6.07) is 0.561. The number of rotatable bonds is 2. The molecule has 4 heteroatoms. The van der Waals surface area contributed by atoms with Crippen molar-refractivity contribution in [2.24, 2.45) is 0 Å². The second-order valence-corrected chi connectivity index (χ2v) is 6.09. The first-order valence-electron chi connectivity index (χ1n) is 6.45. The Morgan fingerprint density at radius 2 is 2.18 bits per heavy atom. The molecule has 1 fully saturated rings. The monoisotopic (exact) mass is 236 g/mol. The van der Waals surface area contributed by atoms with Gasteiger partial charge in [-0.3, -0.25) is 4.68 Å². The molecule has 1 aliphatic heterocycles. The van der Waals surface area contributed by atoms with Crippen LogP contribution in [0.25, 0.3) is 0 Å². The molecule has 1 aliphatic rings. The third-order valence-electron chi connectivity index (χ3n) is 3.27. The van der Waals surface area contributed by atoms with E-state index < -0.39 is 0 Å². The zero-order chi connectivity index (χ0) is 12.5. The van der Waals surface area contributed by atoms with Crippen LogP contribution in [0, 0.1) is 0 Å². The van der Waals surface area contributed by atoms with Crippen LogP contribution >= 0.6 is 0 Å². The molecule has 0 spiro atoms. The lowest BCUT2D eigenvalue weighted by atomic mass is 10.1. The summed E-state index contributed by atoms with van der Waals surface area (Å²) < 4.78 is 2.02. The summed E-state index contributed by atoms with van der Waals surface area (Å²) in [6.07, 6.45) is 6.57. The molecule has 1 unspecified atom stereocenters. The maximum absolute atomic E-state index is 4.41. The molecule has 1 N–H and O–H groups in total. The Hall–Kier alpha value is -1.03. The minimum Gasteiger partial charge on any atom is -0.378 e. The summed E-state index contributed by atoms with van der Waals surface area (Å²) in [7, 11) is 2.19. The van der Waals surface area contributed by atoms with Gasteiger partial charge in [-0.2, -0.15) is 5.10 Å². The number of nitrogens with zero attached hydrogens (tertiary/aromatic N) is 3. The van der Waals surface area contributed by atoms with Gasteiger partial charge in [-0.15, -0.1) is 0 Å². The largest absolute Gasteiger partial charge is 0.378 e. The molecule has 0 radical (unpaired) electrons. The Kier molecular flexibility index (Phi) is 3.43. The van der Waals surface area contributed by atoms with Crippen LogP contribution in [0.1, 0.15) is 33.6 Å². The number of anilines is 1. The molecule has 2 rings (SSSR count). The fourth-order valence-corrected chi connectivity index (χ4v) is 2.28. The number of piperidine rings is 1. The van der Waals surface area contributed by atoms with Crippen molar-refractivity contribution < 1.29 is 0 Å². The van der Waals surface area contributed by atoms with E-state index in [0.29, 0.717) is 6.04 Å². The lowest BCUT2D eigenvalue weighted by Crippen LogP contribution is -2.39. The van der Waals surface area contributed by atoms with Gasteiger partial charge in [0, 0.05) is 18.8 Å². The van der Waals surface area contributed by atoms with E-state index in [2.05, 4.69) is 49.3 Å². The zero-order valence-corrected chi connectivity index (χ0v) is 11.4. The van der Waals surface area contributed by atoms with Gasteiger partial charge >= 0.3 is 0 Å². The number of aromatic nitrogens is 2. The Morgan fingerprint density at radius 3 is 2.76 bits per heavy atom. The summed E-state index contributed by atoms with van der Waals surface area (Å²) in [5.41, 5.74) is 1.20. The number of likely N-dealkylation sites (tertiary alicyclic amines) is 1. The van der Waals surface area contributed by atoms with Crippen LogP contribution in [-0.4, -0.2) is 40.9 Å². The highest BCUT2D eigenvalue weighted by Crippen LogP contribution is 2.18. The molecule has 0 aromatic carbocycles. The van der Waals surface area contributed by atoms with Gasteiger partial charge in [0.15, 0.2) is 0 Å². The Morgan fingerprint density at radius 1 is 1.41 bits per heavy atom. The Balaban J connectivity index is 1.97. The van der Waals surface area contributed by atoms with Crippen molar-refractivity contribution in [2.75, 3.05) is 25.5 Å². The lowest BCUT2D eigenvalue weighted by molar-refractivity contribution is 0.261. The quantitative estimate of drug-likeness (QED) is 0.854. The van der Waals surface area contributed by atoms with E-state index in [1.807, 2.05) is 10.9 Å². The highest BCUT2D eigenvalue weighted by Gasteiger charge is 2.18. The standard InChI is InChI=1S/C13H24N4/c1-13(2,3)17-10-12(8-14-17)15-11-6-5-7-16(4)9-11/h8,10-11,15H,5-7,9H2,1-4H3. The third-order valence-corrected chi connectivity index (χ3v) is 3.27. The smallest absolute Gasteiger partial charge is 0.0729 e. The second kappa shape index (κ2) is 4.69. The molecule has 1 aromatic heterocycles. The molecule has 0 aliphatic carbocycles. The third kappa shape index (κ3) is 3.22. The highest BCUT2D eigenvalue weighted by atomic mass is 15.3. The van der Waals surface area contributed by atoms with Crippen molar-refractivity contribution in [3.8, 4) is 0 Å². The van der Waals surface area contributed by atoms with Gasteiger partial charge in [0.25, 0.3) is 0 Å². The average Bonchev–Trinajstić information content (AvgIpc) is 2.65. The lowest BCUT2D eigenvalue weighted by Gasteiger charge is -2.30. The van der Waals surface area contributed by atoms with Crippen molar-refractivity contribution in [2.45, 2.75) is 45.2 Å². The Labute approximate surface area is 104 Å². The van der Waals surface area contributed by atoms with Crippen molar-refractivity contribution in [3.05, 3.63) is 12.4 Å². The van der Waals surface area contributed by atoms with Gasteiger partial charge in [-0.25, -0.2) is 0 Å². The van der Waals surface area contributed by atoms with Gasteiger partial charge in [0.1, 0.15) is 0 Å². The maximum Gasteiger partial charge on any atom is 0.0729 e. The molecule has 1 aromatic rings. The number of hydrogen-bond acceptors (Lipinski definition) is 3. The van der Waals surface area contributed by atoms with Crippen molar-refractivity contribution in [1.29, 1.82) is 0 Å². The fourth-order valence-electron chi connectivity index (χ4n) is 2.28. The molecule has 2 heterocycles. The Bertz CT molecular complexity index is 364. The van der Waals surface area contributed by atoms with Gasteiger partial charge in [0.05, 0.1) is 17.4 Å². The van der Waals surface area contributed by atoms with Gasteiger partial charge in [-0.05, 0) is 47.2 Å². The van der Waals surface area contributed by atoms with Gasteiger partial charge < -0.3 is 10.2 Å². The van der Waals surface area contributed by atoms with Crippen LogP contribution in [0.3, 0.4) is 0 Å². The first kappa shape index (κ1) is 12.4. The summed E-state index contributed by atoms with van der Waals surface area (Å²) in [6.45, 7) is 8.84. The van der Waals surface area contributed by atoms with E-state index in [1.165, 1.54) is 19.4 Å².